The van der Waals surface area contributed by atoms with E-state index in [9.17, 15) is 0 Å². The monoisotopic (exact) mass is 212 g/mol. The van der Waals surface area contributed by atoms with Gasteiger partial charge < -0.3 is 0 Å². The minimum Gasteiger partial charge on any atom is -0.100 e. The quantitative estimate of drug-likeness (QED) is 0.465. The van der Waals surface area contributed by atoms with Gasteiger partial charge in [0, 0.05) is 0 Å². The molecule has 0 aliphatic carbocycles. The molecule has 0 saturated carbocycles. The Hall–Kier alpha value is 0.430. The predicted molar refractivity (Wildman–Crippen MR) is 66.6 cm³/mol. The molecule has 82 valence electrons. The summed E-state index contributed by atoms with van der Waals surface area (Å²) in [5.41, 5.74) is 2.41. The Kier molecular flexibility index (Phi) is 4.29. The van der Waals surface area contributed by atoms with Crippen LogP contribution in [0.25, 0.3) is 0 Å². The largest absolute Gasteiger partial charge is 0.100 e. The van der Waals surface area contributed by atoms with Crippen LogP contribution in [0.5, 0.6) is 0 Å². The molecule has 2 bridgehead atoms. The average Bonchev–Trinajstić information content (AvgIpc) is 2.41. The molecule has 2 aliphatic rings. The Morgan fingerprint density at radius 1 is 0.929 bits per heavy atom. The van der Waals surface area contributed by atoms with Crippen LogP contribution in [0.4, 0.5) is 0 Å². The standard InChI is InChI=1S/C13H25P/c1-2-3-6-11-14-12-7-4-5-8-13(14)10-9-12/h12-13H,2-11H2,1H3. The summed E-state index contributed by atoms with van der Waals surface area (Å²) in [6.07, 6.45) is 15.5. The van der Waals surface area contributed by atoms with E-state index in [0.29, 0.717) is 7.92 Å². The molecule has 2 atom stereocenters. The minimum absolute atomic E-state index is 0.479. The van der Waals surface area contributed by atoms with Crippen molar-refractivity contribution in [2.24, 2.45) is 0 Å². The summed E-state index contributed by atoms with van der Waals surface area (Å²) in [7, 11) is 0.479. The summed E-state index contributed by atoms with van der Waals surface area (Å²) in [5.74, 6) is 0. The summed E-state index contributed by atoms with van der Waals surface area (Å²) < 4.78 is 0. The summed E-state index contributed by atoms with van der Waals surface area (Å²) >= 11 is 0. The van der Waals surface area contributed by atoms with Crippen LogP contribution in [0.15, 0.2) is 0 Å². The van der Waals surface area contributed by atoms with Crippen molar-refractivity contribution in [2.45, 2.75) is 76.0 Å². The molecule has 14 heavy (non-hydrogen) atoms. The highest BCUT2D eigenvalue weighted by Crippen LogP contribution is 2.60. The maximum Gasteiger partial charge on any atom is -0.0206 e. The van der Waals surface area contributed by atoms with Crippen LogP contribution in [0.2, 0.25) is 0 Å². The van der Waals surface area contributed by atoms with Crippen LogP contribution in [-0.2, 0) is 0 Å². The van der Waals surface area contributed by atoms with E-state index in [4.69, 9.17) is 0 Å². The zero-order valence-electron chi connectivity index (χ0n) is 9.67. The van der Waals surface area contributed by atoms with E-state index in [-0.39, 0.29) is 0 Å². The van der Waals surface area contributed by atoms with E-state index in [1.165, 1.54) is 30.6 Å². The third-order valence-electron chi connectivity index (χ3n) is 4.12. The lowest BCUT2D eigenvalue weighted by atomic mass is 10.0. The van der Waals surface area contributed by atoms with Gasteiger partial charge in [0.2, 0.25) is 0 Å². The van der Waals surface area contributed by atoms with Gasteiger partial charge in [0.25, 0.3) is 0 Å². The smallest absolute Gasteiger partial charge is 0.0206 e. The van der Waals surface area contributed by atoms with Gasteiger partial charge in [0.1, 0.15) is 0 Å². The fourth-order valence-electron chi connectivity index (χ4n) is 3.30. The summed E-state index contributed by atoms with van der Waals surface area (Å²) in [5, 5.41) is 0. The van der Waals surface area contributed by atoms with Crippen LogP contribution >= 0.6 is 7.92 Å². The van der Waals surface area contributed by atoms with Crippen molar-refractivity contribution < 1.29 is 0 Å². The molecule has 1 heteroatoms. The predicted octanol–water partition coefficient (Wildman–Crippen LogP) is 4.76. The first-order valence-corrected chi connectivity index (χ1v) is 8.34. The van der Waals surface area contributed by atoms with Crippen molar-refractivity contribution in [2.75, 3.05) is 6.16 Å². The molecular weight excluding hydrogens is 187 g/mol. The normalized spacial score (nSPS) is 37.1. The van der Waals surface area contributed by atoms with E-state index in [1.54, 1.807) is 44.7 Å². The van der Waals surface area contributed by atoms with Crippen LogP contribution in [0, 0.1) is 0 Å². The average molecular weight is 212 g/mol. The third kappa shape index (κ3) is 2.51. The van der Waals surface area contributed by atoms with Crippen molar-refractivity contribution >= 4 is 7.92 Å². The molecule has 2 rings (SSSR count). The molecule has 0 amide bonds. The molecule has 0 aromatic rings. The second-order valence-corrected chi connectivity index (χ2v) is 8.05. The molecule has 0 aromatic heterocycles. The van der Waals surface area contributed by atoms with Crippen molar-refractivity contribution in [1.29, 1.82) is 0 Å². The lowest BCUT2D eigenvalue weighted by molar-refractivity contribution is 0.556. The third-order valence-corrected chi connectivity index (χ3v) is 7.86. The van der Waals surface area contributed by atoms with E-state index in [2.05, 4.69) is 6.92 Å². The fraction of sp³-hybridized carbons (Fsp3) is 1.00. The Morgan fingerprint density at radius 3 is 2.14 bits per heavy atom. The number of rotatable bonds is 4. The van der Waals surface area contributed by atoms with Gasteiger partial charge in [0.05, 0.1) is 0 Å². The second kappa shape index (κ2) is 5.50. The minimum atomic E-state index is 0.479. The fourth-order valence-corrected chi connectivity index (χ4v) is 7.21. The summed E-state index contributed by atoms with van der Waals surface area (Å²) in [4.78, 5) is 0. The van der Waals surface area contributed by atoms with E-state index in [1.807, 2.05) is 0 Å². The number of hydrogen-bond acceptors (Lipinski definition) is 0. The lowest BCUT2D eigenvalue weighted by Crippen LogP contribution is -2.03. The Morgan fingerprint density at radius 2 is 1.57 bits per heavy atom. The zero-order chi connectivity index (χ0) is 9.80. The molecule has 0 spiro atoms. The first-order valence-electron chi connectivity index (χ1n) is 6.67. The zero-order valence-corrected chi connectivity index (χ0v) is 10.6. The maximum atomic E-state index is 2.33. The van der Waals surface area contributed by atoms with Gasteiger partial charge in [-0.05, 0) is 49.6 Å². The Labute approximate surface area is 90.6 Å². The van der Waals surface area contributed by atoms with Crippen molar-refractivity contribution in [3.05, 3.63) is 0 Å². The molecule has 2 fully saturated rings. The van der Waals surface area contributed by atoms with Gasteiger partial charge in [-0.2, -0.15) is 0 Å². The first-order chi connectivity index (χ1) is 6.92. The van der Waals surface area contributed by atoms with Crippen LogP contribution < -0.4 is 0 Å². The molecule has 0 radical (unpaired) electrons. The highest BCUT2D eigenvalue weighted by Gasteiger charge is 2.35. The molecule has 2 aliphatic heterocycles. The molecule has 2 heterocycles. The summed E-state index contributed by atoms with van der Waals surface area (Å²) in [6, 6.07) is 0. The van der Waals surface area contributed by atoms with Crippen LogP contribution in [0.3, 0.4) is 0 Å². The number of hydrogen-bond donors (Lipinski definition) is 0. The van der Waals surface area contributed by atoms with Gasteiger partial charge in [-0.3, -0.25) is 0 Å². The van der Waals surface area contributed by atoms with Crippen molar-refractivity contribution in [3.8, 4) is 0 Å². The second-order valence-electron chi connectivity index (χ2n) is 5.11. The molecule has 0 N–H and O–H groups in total. The molecular formula is C13H25P. The van der Waals surface area contributed by atoms with E-state index < -0.39 is 0 Å². The van der Waals surface area contributed by atoms with Gasteiger partial charge in [0.15, 0.2) is 0 Å². The van der Waals surface area contributed by atoms with E-state index in [0.717, 1.165) is 0 Å². The van der Waals surface area contributed by atoms with E-state index >= 15 is 0 Å². The van der Waals surface area contributed by atoms with Crippen molar-refractivity contribution in [1.82, 2.24) is 0 Å². The van der Waals surface area contributed by atoms with Gasteiger partial charge in [-0.25, -0.2) is 0 Å². The van der Waals surface area contributed by atoms with Crippen LogP contribution in [0.1, 0.15) is 64.7 Å². The lowest BCUT2D eigenvalue weighted by Gasteiger charge is -2.22. The van der Waals surface area contributed by atoms with Gasteiger partial charge >= 0.3 is 0 Å². The maximum absolute atomic E-state index is 2.33. The first kappa shape index (κ1) is 10.9. The topological polar surface area (TPSA) is 0 Å². The Bertz CT molecular complexity index is 153. The number of unbranched alkanes of at least 4 members (excludes halogenated alkanes) is 2. The summed E-state index contributed by atoms with van der Waals surface area (Å²) in [6.45, 7) is 2.33. The van der Waals surface area contributed by atoms with Gasteiger partial charge in [-0.1, -0.05) is 32.6 Å². The highest BCUT2D eigenvalue weighted by molar-refractivity contribution is 7.59. The molecule has 0 aromatic carbocycles. The van der Waals surface area contributed by atoms with Crippen LogP contribution in [-0.4, -0.2) is 17.5 Å². The van der Waals surface area contributed by atoms with Crippen molar-refractivity contribution in [3.63, 3.8) is 0 Å². The van der Waals surface area contributed by atoms with Gasteiger partial charge in [-0.15, -0.1) is 7.92 Å². The number of fused-ring (bicyclic) bond motifs is 2. The highest BCUT2D eigenvalue weighted by atomic mass is 31.1. The molecule has 2 saturated heterocycles. The Balaban J connectivity index is 1.83. The molecule has 0 nitrogen and oxygen atoms in total. The SMILES string of the molecule is CCCCCP1C2CCCCC1CC2. The molecule has 2 unspecified atom stereocenters.